The summed E-state index contributed by atoms with van der Waals surface area (Å²) >= 11 is 0. The van der Waals surface area contributed by atoms with Crippen molar-refractivity contribution in [3.05, 3.63) is 47.8 Å². The number of para-hydroxylation sites is 2. The molecule has 9 nitrogen and oxygen atoms in total. The minimum atomic E-state index is 0.514. The van der Waals surface area contributed by atoms with Gasteiger partial charge in [0.15, 0.2) is 11.5 Å². The van der Waals surface area contributed by atoms with Gasteiger partial charge >= 0.3 is 0 Å². The molecule has 0 aliphatic carbocycles. The minimum Gasteiger partial charge on any atom is -0.361 e. The number of nitrogens with zero attached hydrogens (tertiary/aromatic N) is 6. The SMILES string of the molecule is Cc1nn(C)c(C)c1-c1nc2ncnc(NCc3nc4ccccc4[nH]3)c2[nH]1. The lowest BCUT2D eigenvalue weighted by atomic mass is 10.2. The van der Waals surface area contributed by atoms with Crippen LogP contribution in [0.4, 0.5) is 5.82 Å². The molecule has 140 valence electrons. The van der Waals surface area contributed by atoms with Crippen LogP contribution in [0.2, 0.25) is 0 Å². The molecule has 0 radical (unpaired) electrons. The number of fused-ring (bicyclic) bond motifs is 2. The summed E-state index contributed by atoms with van der Waals surface area (Å²) in [4.78, 5) is 24.6. The van der Waals surface area contributed by atoms with Gasteiger partial charge in [-0.05, 0) is 26.0 Å². The maximum absolute atomic E-state index is 4.64. The second-order valence-electron chi connectivity index (χ2n) is 6.73. The number of aryl methyl sites for hydroxylation is 2. The molecule has 0 amide bonds. The maximum atomic E-state index is 4.64. The average molecular weight is 373 g/mol. The Bertz CT molecular complexity index is 1270. The summed E-state index contributed by atoms with van der Waals surface area (Å²) < 4.78 is 1.85. The summed E-state index contributed by atoms with van der Waals surface area (Å²) in [5.74, 6) is 2.26. The fourth-order valence-electron chi connectivity index (χ4n) is 3.45. The van der Waals surface area contributed by atoms with E-state index in [0.29, 0.717) is 18.0 Å². The van der Waals surface area contributed by atoms with Crippen molar-refractivity contribution in [2.75, 3.05) is 5.32 Å². The second kappa shape index (κ2) is 6.15. The van der Waals surface area contributed by atoms with Crippen molar-refractivity contribution in [3.63, 3.8) is 0 Å². The zero-order chi connectivity index (χ0) is 19.3. The van der Waals surface area contributed by atoms with Gasteiger partial charge in [0, 0.05) is 12.7 Å². The lowest BCUT2D eigenvalue weighted by molar-refractivity contribution is 0.731. The van der Waals surface area contributed by atoms with Crippen molar-refractivity contribution in [1.29, 1.82) is 0 Å². The van der Waals surface area contributed by atoms with Crippen LogP contribution in [0.25, 0.3) is 33.6 Å². The van der Waals surface area contributed by atoms with Gasteiger partial charge in [0.2, 0.25) is 0 Å². The molecule has 3 N–H and O–H groups in total. The number of imidazole rings is 2. The highest BCUT2D eigenvalue weighted by Crippen LogP contribution is 2.27. The summed E-state index contributed by atoms with van der Waals surface area (Å²) in [7, 11) is 1.93. The van der Waals surface area contributed by atoms with Crippen LogP contribution < -0.4 is 5.32 Å². The van der Waals surface area contributed by atoms with E-state index in [-0.39, 0.29) is 0 Å². The molecule has 0 atom stereocenters. The van der Waals surface area contributed by atoms with E-state index in [9.17, 15) is 0 Å². The normalized spacial score (nSPS) is 11.5. The predicted octanol–water partition coefficient (Wildman–Crippen LogP) is 2.86. The molecule has 4 aromatic heterocycles. The molecule has 5 rings (SSSR count). The first-order valence-electron chi connectivity index (χ1n) is 8.99. The zero-order valence-corrected chi connectivity index (χ0v) is 15.8. The van der Waals surface area contributed by atoms with Crippen LogP contribution >= 0.6 is 0 Å². The first kappa shape index (κ1) is 16.4. The number of aromatic amines is 2. The standard InChI is InChI=1S/C19H19N9/c1-10-15(11(2)28(3)27-10)17-25-16-18(21-9-22-19(16)26-17)20-8-14-23-12-6-4-5-7-13(12)24-14/h4-7,9H,8H2,1-3H3,(H,23,24)(H2,20,21,22,25,26). The van der Waals surface area contributed by atoms with E-state index in [1.54, 1.807) is 0 Å². The van der Waals surface area contributed by atoms with E-state index < -0.39 is 0 Å². The molecule has 0 aliphatic heterocycles. The number of hydrogen-bond acceptors (Lipinski definition) is 6. The molecular weight excluding hydrogens is 354 g/mol. The Morgan fingerprint density at radius 2 is 1.93 bits per heavy atom. The molecule has 0 spiro atoms. The van der Waals surface area contributed by atoms with Gasteiger partial charge in [-0.2, -0.15) is 5.10 Å². The van der Waals surface area contributed by atoms with E-state index in [2.05, 4.69) is 40.3 Å². The summed E-state index contributed by atoms with van der Waals surface area (Å²) in [6.07, 6.45) is 1.51. The first-order chi connectivity index (χ1) is 13.6. The van der Waals surface area contributed by atoms with E-state index in [1.165, 1.54) is 6.33 Å². The third kappa shape index (κ3) is 2.59. The molecule has 1 aromatic carbocycles. The fraction of sp³-hybridized carbons (Fsp3) is 0.211. The molecule has 0 saturated carbocycles. The van der Waals surface area contributed by atoms with E-state index in [1.807, 2.05) is 49.8 Å². The Morgan fingerprint density at radius 3 is 2.71 bits per heavy atom. The van der Waals surface area contributed by atoms with Crippen molar-refractivity contribution in [1.82, 2.24) is 39.7 Å². The third-order valence-electron chi connectivity index (χ3n) is 4.90. The molecule has 0 saturated heterocycles. The van der Waals surface area contributed by atoms with Crippen molar-refractivity contribution >= 4 is 28.0 Å². The van der Waals surface area contributed by atoms with Crippen LogP contribution in [0.3, 0.4) is 0 Å². The number of H-pyrrole nitrogens is 2. The van der Waals surface area contributed by atoms with Crippen LogP contribution in [0.1, 0.15) is 17.2 Å². The Labute approximate surface area is 160 Å². The highest BCUT2D eigenvalue weighted by Gasteiger charge is 2.17. The lowest BCUT2D eigenvalue weighted by Crippen LogP contribution is -2.04. The molecule has 28 heavy (non-hydrogen) atoms. The first-order valence-corrected chi connectivity index (χ1v) is 8.99. The van der Waals surface area contributed by atoms with E-state index in [0.717, 1.165) is 45.2 Å². The van der Waals surface area contributed by atoms with Gasteiger partial charge in [-0.3, -0.25) is 4.68 Å². The topological polar surface area (TPSA) is 113 Å². The Hall–Kier alpha value is -3.75. The van der Waals surface area contributed by atoms with Crippen LogP contribution in [0, 0.1) is 13.8 Å². The molecular formula is C19H19N9. The van der Waals surface area contributed by atoms with Gasteiger partial charge in [-0.25, -0.2) is 19.9 Å². The summed E-state index contributed by atoms with van der Waals surface area (Å²) in [5, 5.41) is 7.80. The predicted molar refractivity (Wildman–Crippen MR) is 107 cm³/mol. The van der Waals surface area contributed by atoms with Crippen molar-refractivity contribution in [2.24, 2.45) is 7.05 Å². The van der Waals surface area contributed by atoms with Crippen molar-refractivity contribution in [2.45, 2.75) is 20.4 Å². The molecule has 5 aromatic rings. The average Bonchev–Trinajstić information content (AvgIpc) is 3.35. The molecule has 0 fully saturated rings. The summed E-state index contributed by atoms with van der Waals surface area (Å²) in [6.45, 7) is 4.51. The van der Waals surface area contributed by atoms with E-state index >= 15 is 0 Å². The molecule has 0 aliphatic rings. The Morgan fingerprint density at radius 1 is 1.07 bits per heavy atom. The molecule has 9 heteroatoms. The quantitative estimate of drug-likeness (QED) is 0.446. The van der Waals surface area contributed by atoms with Crippen LogP contribution in [-0.4, -0.2) is 39.7 Å². The van der Waals surface area contributed by atoms with Crippen molar-refractivity contribution in [3.8, 4) is 11.4 Å². The summed E-state index contributed by atoms with van der Waals surface area (Å²) in [5.41, 5.74) is 6.28. The van der Waals surface area contributed by atoms with Crippen LogP contribution in [0.5, 0.6) is 0 Å². The minimum absolute atomic E-state index is 0.514. The van der Waals surface area contributed by atoms with Crippen molar-refractivity contribution < 1.29 is 0 Å². The number of aromatic nitrogens is 8. The van der Waals surface area contributed by atoms with Gasteiger partial charge in [0.1, 0.15) is 23.5 Å². The Kier molecular flexibility index (Phi) is 3.61. The number of benzene rings is 1. The molecule has 0 unspecified atom stereocenters. The number of rotatable bonds is 4. The monoisotopic (exact) mass is 373 g/mol. The smallest absolute Gasteiger partial charge is 0.183 e. The van der Waals surface area contributed by atoms with Gasteiger partial charge in [-0.15, -0.1) is 0 Å². The van der Waals surface area contributed by atoms with Crippen LogP contribution in [-0.2, 0) is 13.6 Å². The second-order valence-corrected chi connectivity index (χ2v) is 6.73. The number of anilines is 1. The third-order valence-corrected chi connectivity index (χ3v) is 4.90. The van der Waals surface area contributed by atoms with Gasteiger partial charge in [0.05, 0.1) is 28.8 Å². The largest absolute Gasteiger partial charge is 0.361 e. The van der Waals surface area contributed by atoms with Gasteiger partial charge < -0.3 is 15.3 Å². The fourth-order valence-corrected chi connectivity index (χ4v) is 3.45. The zero-order valence-electron chi connectivity index (χ0n) is 15.8. The van der Waals surface area contributed by atoms with Gasteiger partial charge in [0.25, 0.3) is 0 Å². The maximum Gasteiger partial charge on any atom is 0.183 e. The molecule has 4 heterocycles. The van der Waals surface area contributed by atoms with E-state index in [4.69, 9.17) is 0 Å². The lowest BCUT2D eigenvalue weighted by Gasteiger charge is -2.03. The highest BCUT2D eigenvalue weighted by molar-refractivity contribution is 5.86. The van der Waals surface area contributed by atoms with Crippen LogP contribution in [0.15, 0.2) is 30.6 Å². The number of hydrogen-bond donors (Lipinski definition) is 3. The summed E-state index contributed by atoms with van der Waals surface area (Å²) in [6, 6.07) is 7.95. The van der Waals surface area contributed by atoms with Gasteiger partial charge in [-0.1, -0.05) is 12.1 Å². The number of nitrogens with one attached hydrogen (secondary N) is 3. The highest BCUT2D eigenvalue weighted by atomic mass is 15.3. The molecule has 0 bridgehead atoms. The Balaban J connectivity index is 1.49.